The maximum Gasteiger partial charge on any atom is 0.409 e. The van der Waals surface area contributed by atoms with Crippen molar-refractivity contribution >= 4 is 34.4 Å². The summed E-state index contributed by atoms with van der Waals surface area (Å²) in [4.78, 5) is 15.7. The average Bonchev–Trinajstić information content (AvgIpc) is 3.25. The molecule has 1 unspecified atom stereocenters. The predicted octanol–water partition coefficient (Wildman–Crippen LogP) is 6.34. The van der Waals surface area contributed by atoms with Gasteiger partial charge in [-0.25, -0.2) is 13.6 Å². The Hall–Kier alpha value is -3.96. The standard InChI is InChI=1S/C24H19ClF2N4O5/c25-15-10-13(35-20-3-1-2-8-34-20)5-6-14(15)22-21-17(28-24(32)33)11-19(29-23(21)31-30-22)36-18-7-4-12(26)9-16(18)27/h4-7,9-11,20H,1-3,8H2,(H,32,33)(H2,28,29,30,31). The first-order valence-electron chi connectivity index (χ1n) is 11.0. The van der Waals surface area contributed by atoms with E-state index in [4.69, 9.17) is 25.8 Å². The van der Waals surface area contributed by atoms with E-state index in [1.54, 1.807) is 18.2 Å². The molecule has 3 heterocycles. The molecular weight excluding hydrogens is 498 g/mol. The quantitative estimate of drug-likeness (QED) is 0.273. The van der Waals surface area contributed by atoms with Gasteiger partial charge in [-0.3, -0.25) is 10.4 Å². The number of fused-ring (bicyclic) bond motifs is 1. The van der Waals surface area contributed by atoms with E-state index >= 15 is 0 Å². The topological polar surface area (TPSA) is 119 Å². The lowest BCUT2D eigenvalue weighted by Gasteiger charge is -2.23. The second-order valence-corrected chi connectivity index (χ2v) is 8.38. The van der Waals surface area contributed by atoms with Gasteiger partial charge in [-0.1, -0.05) is 11.6 Å². The minimum Gasteiger partial charge on any atom is -0.465 e. The third kappa shape index (κ3) is 5.02. The summed E-state index contributed by atoms with van der Waals surface area (Å²) in [5, 5.41) is 19.3. The molecule has 0 saturated carbocycles. The molecular formula is C24H19ClF2N4O5. The number of pyridine rings is 1. The first kappa shape index (κ1) is 23.8. The summed E-state index contributed by atoms with van der Waals surface area (Å²) >= 11 is 6.54. The summed E-state index contributed by atoms with van der Waals surface area (Å²) in [5.74, 6) is -1.63. The molecule has 12 heteroatoms. The number of aromatic amines is 1. The molecule has 186 valence electrons. The summed E-state index contributed by atoms with van der Waals surface area (Å²) in [6.45, 7) is 0.641. The number of H-pyrrole nitrogens is 1. The van der Waals surface area contributed by atoms with E-state index in [-0.39, 0.29) is 29.3 Å². The zero-order chi connectivity index (χ0) is 25.2. The maximum absolute atomic E-state index is 14.1. The van der Waals surface area contributed by atoms with Crippen LogP contribution in [0.5, 0.6) is 17.4 Å². The second-order valence-electron chi connectivity index (χ2n) is 7.97. The van der Waals surface area contributed by atoms with E-state index < -0.39 is 17.7 Å². The fraction of sp³-hybridized carbons (Fsp3) is 0.208. The van der Waals surface area contributed by atoms with Crippen LogP contribution >= 0.6 is 11.6 Å². The van der Waals surface area contributed by atoms with Crippen molar-refractivity contribution in [3.63, 3.8) is 0 Å². The molecule has 36 heavy (non-hydrogen) atoms. The number of ether oxygens (including phenoxy) is 3. The number of halogens is 3. The highest BCUT2D eigenvalue weighted by Crippen LogP contribution is 2.39. The van der Waals surface area contributed by atoms with Gasteiger partial charge in [0.1, 0.15) is 11.6 Å². The molecule has 4 aromatic rings. The minimum atomic E-state index is -1.35. The van der Waals surface area contributed by atoms with Crippen molar-refractivity contribution < 1.29 is 32.9 Å². The number of hydrogen-bond acceptors (Lipinski definition) is 6. The maximum atomic E-state index is 14.1. The van der Waals surface area contributed by atoms with E-state index in [0.717, 1.165) is 31.4 Å². The Labute approximate surface area is 208 Å². The Morgan fingerprint density at radius 2 is 2.06 bits per heavy atom. The number of aromatic nitrogens is 3. The predicted molar refractivity (Wildman–Crippen MR) is 127 cm³/mol. The van der Waals surface area contributed by atoms with E-state index in [2.05, 4.69) is 20.5 Å². The Kier molecular flexibility index (Phi) is 6.57. The lowest BCUT2D eigenvalue weighted by molar-refractivity contribution is -0.105. The molecule has 1 amide bonds. The van der Waals surface area contributed by atoms with E-state index in [9.17, 15) is 18.7 Å². The highest BCUT2D eigenvalue weighted by atomic mass is 35.5. The monoisotopic (exact) mass is 516 g/mol. The van der Waals surface area contributed by atoms with Gasteiger partial charge >= 0.3 is 6.09 Å². The Morgan fingerprint density at radius 1 is 1.19 bits per heavy atom. The summed E-state index contributed by atoms with van der Waals surface area (Å²) in [5.41, 5.74) is 1.07. The van der Waals surface area contributed by atoms with Gasteiger partial charge in [0.15, 0.2) is 23.5 Å². The van der Waals surface area contributed by atoms with Crippen LogP contribution in [0.2, 0.25) is 5.02 Å². The van der Waals surface area contributed by atoms with Crippen LogP contribution < -0.4 is 14.8 Å². The number of rotatable bonds is 6. The average molecular weight is 517 g/mol. The third-order valence-electron chi connectivity index (χ3n) is 5.47. The Bertz CT molecular complexity index is 1440. The molecule has 1 aliphatic rings. The van der Waals surface area contributed by atoms with Crippen LogP contribution in [-0.2, 0) is 4.74 Å². The fourth-order valence-corrected chi connectivity index (χ4v) is 4.13. The van der Waals surface area contributed by atoms with Gasteiger partial charge in [0.05, 0.1) is 28.4 Å². The van der Waals surface area contributed by atoms with E-state index in [0.29, 0.717) is 40.1 Å². The van der Waals surface area contributed by atoms with Crippen molar-refractivity contribution in [3.05, 3.63) is 59.1 Å². The van der Waals surface area contributed by atoms with Crippen molar-refractivity contribution in [2.24, 2.45) is 0 Å². The van der Waals surface area contributed by atoms with E-state index in [1.165, 1.54) is 6.07 Å². The molecule has 9 nitrogen and oxygen atoms in total. The largest absolute Gasteiger partial charge is 0.465 e. The number of anilines is 1. The van der Waals surface area contributed by atoms with Crippen LogP contribution in [0.15, 0.2) is 42.5 Å². The molecule has 0 bridgehead atoms. The zero-order valence-electron chi connectivity index (χ0n) is 18.6. The van der Waals surface area contributed by atoms with Gasteiger partial charge in [-0.15, -0.1) is 0 Å². The number of benzene rings is 2. The number of amides is 1. The fourth-order valence-electron chi connectivity index (χ4n) is 3.86. The first-order chi connectivity index (χ1) is 17.4. The SMILES string of the molecule is O=C(O)Nc1cc(Oc2ccc(F)cc2F)nc2n[nH]c(-c3ccc(OC4CCCCO4)cc3Cl)c12. The molecule has 1 fully saturated rings. The van der Waals surface area contributed by atoms with Crippen LogP contribution in [0.25, 0.3) is 22.3 Å². The van der Waals surface area contributed by atoms with Crippen LogP contribution in [0.1, 0.15) is 19.3 Å². The van der Waals surface area contributed by atoms with Crippen LogP contribution in [0.3, 0.4) is 0 Å². The molecule has 0 spiro atoms. The van der Waals surface area contributed by atoms with Gasteiger partial charge in [0.2, 0.25) is 5.88 Å². The molecule has 3 N–H and O–H groups in total. The molecule has 5 rings (SSSR count). The van der Waals surface area contributed by atoms with Gasteiger partial charge in [0, 0.05) is 24.1 Å². The van der Waals surface area contributed by atoms with Crippen molar-refractivity contribution in [1.29, 1.82) is 0 Å². The van der Waals surface area contributed by atoms with Gasteiger partial charge < -0.3 is 19.3 Å². The summed E-state index contributed by atoms with van der Waals surface area (Å²) in [7, 11) is 0. The lowest BCUT2D eigenvalue weighted by Crippen LogP contribution is -2.24. The highest BCUT2D eigenvalue weighted by Gasteiger charge is 2.21. The van der Waals surface area contributed by atoms with Gasteiger partial charge in [-0.2, -0.15) is 10.1 Å². The Balaban J connectivity index is 1.50. The Morgan fingerprint density at radius 3 is 2.78 bits per heavy atom. The van der Waals surface area contributed by atoms with Gasteiger partial charge in [-0.05, 0) is 43.2 Å². The number of carbonyl (C=O) groups is 1. The third-order valence-corrected chi connectivity index (χ3v) is 5.78. The number of nitrogens with zero attached hydrogens (tertiary/aromatic N) is 2. The summed E-state index contributed by atoms with van der Waals surface area (Å²) < 4.78 is 44.1. The molecule has 1 aliphatic heterocycles. The van der Waals surface area contributed by atoms with Crippen LogP contribution in [0, 0.1) is 11.6 Å². The molecule has 0 radical (unpaired) electrons. The second kappa shape index (κ2) is 9.96. The summed E-state index contributed by atoms with van der Waals surface area (Å²) in [6.07, 6.45) is 1.11. The number of nitrogens with one attached hydrogen (secondary N) is 2. The number of hydrogen-bond donors (Lipinski definition) is 3. The van der Waals surface area contributed by atoms with Crippen molar-refractivity contribution in [3.8, 4) is 28.6 Å². The smallest absolute Gasteiger partial charge is 0.409 e. The molecule has 1 saturated heterocycles. The zero-order valence-corrected chi connectivity index (χ0v) is 19.3. The number of carboxylic acid groups (broad SMARTS) is 1. The van der Waals surface area contributed by atoms with Crippen LogP contribution in [-0.4, -0.2) is 39.3 Å². The summed E-state index contributed by atoms with van der Waals surface area (Å²) in [6, 6.07) is 9.10. The van der Waals surface area contributed by atoms with Crippen molar-refractivity contribution in [2.45, 2.75) is 25.6 Å². The van der Waals surface area contributed by atoms with Crippen LogP contribution in [0.4, 0.5) is 19.3 Å². The molecule has 2 aromatic heterocycles. The first-order valence-corrected chi connectivity index (χ1v) is 11.4. The van der Waals surface area contributed by atoms with E-state index in [1.807, 2.05) is 0 Å². The highest BCUT2D eigenvalue weighted by molar-refractivity contribution is 6.34. The molecule has 0 aliphatic carbocycles. The minimum absolute atomic E-state index is 0.0702. The molecule has 2 aromatic carbocycles. The van der Waals surface area contributed by atoms with Gasteiger partial charge in [0.25, 0.3) is 0 Å². The molecule has 1 atom stereocenters. The van der Waals surface area contributed by atoms with Crippen molar-refractivity contribution in [1.82, 2.24) is 15.2 Å². The van der Waals surface area contributed by atoms with Crippen molar-refractivity contribution in [2.75, 3.05) is 11.9 Å². The lowest BCUT2D eigenvalue weighted by atomic mass is 10.1. The normalized spacial score (nSPS) is 15.6.